The van der Waals surface area contributed by atoms with Gasteiger partial charge < -0.3 is 16.2 Å². The summed E-state index contributed by atoms with van der Waals surface area (Å²) < 4.78 is 0.491. The van der Waals surface area contributed by atoms with Gasteiger partial charge >= 0.3 is 5.97 Å². The van der Waals surface area contributed by atoms with Crippen molar-refractivity contribution in [3.8, 4) is 12.3 Å². The Morgan fingerprint density at radius 2 is 2.22 bits per heavy atom. The first kappa shape index (κ1) is 14.1. The normalized spacial score (nSPS) is 11.3. The van der Waals surface area contributed by atoms with Gasteiger partial charge in [0.25, 0.3) is 0 Å². The minimum Gasteiger partial charge on any atom is -0.480 e. The molecule has 0 aliphatic carbocycles. The van der Waals surface area contributed by atoms with Gasteiger partial charge in [0.1, 0.15) is 6.04 Å². The van der Waals surface area contributed by atoms with E-state index < -0.39 is 17.9 Å². The van der Waals surface area contributed by atoms with Crippen LogP contribution in [0.25, 0.3) is 0 Å². The number of terminal acetylenes is 1. The summed E-state index contributed by atoms with van der Waals surface area (Å²) >= 11 is 3.19. The number of carbonyl (C=O) groups excluding carboxylic acids is 1. The van der Waals surface area contributed by atoms with E-state index in [9.17, 15) is 9.59 Å². The second kappa shape index (κ2) is 6.07. The van der Waals surface area contributed by atoms with Crippen LogP contribution >= 0.6 is 15.9 Å². The highest BCUT2D eigenvalue weighted by Crippen LogP contribution is 2.22. The first-order valence-corrected chi connectivity index (χ1v) is 5.77. The van der Waals surface area contributed by atoms with E-state index in [1.165, 1.54) is 6.07 Å². The molecule has 1 unspecified atom stereocenters. The number of aliphatic carboxylic acids is 1. The zero-order chi connectivity index (χ0) is 13.7. The van der Waals surface area contributed by atoms with Crippen molar-refractivity contribution < 1.29 is 14.7 Å². The van der Waals surface area contributed by atoms with Crippen LogP contribution in [0.4, 0.5) is 5.69 Å². The molecule has 0 aromatic heterocycles. The van der Waals surface area contributed by atoms with Gasteiger partial charge in [-0.1, -0.05) is 0 Å². The Morgan fingerprint density at radius 1 is 1.56 bits per heavy atom. The van der Waals surface area contributed by atoms with E-state index in [1.807, 2.05) is 0 Å². The monoisotopic (exact) mass is 310 g/mol. The van der Waals surface area contributed by atoms with Gasteiger partial charge in [0.2, 0.25) is 5.91 Å². The Hall–Kier alpha value is -2.00. The molecule has 94 valence electrons. The van der Waals surface area contributed by atoms with E-state index in [0.29, 0.717) is 15.7 Å². The third-order valence-electron chi connectivity index (χ3n) is 2.20. The van der Waals surface area contributed by atoms with Gasteiger partial charge in [-0.25, -0.2) is 4.79 Å². The minimum atomic E-state index is -1.04. The number of hydrogen-bond acceptors (Lipinski definition) is 3. The minimum absolute atomic E-state index is 0.0600. The molecule has 1 atom stereocenters. The molecule has 0 radical (unpaired) electrons. The second-order valence-electron chi connectivity index (χ2n) is 3.50. The lowest BCUT2D eigenvalue weighted by atomic mass is 10.1. The average Bonchev–Trinajstić information content (AvgIpc) is 2.27. The number of carboxylic acid groups (broad SMARTS) is 1. The van der Waals surface area contributed by atoms with Gasteiger partial charge in [0, 0.05) is 16.6 Å². The Morgan fingerprint density at radius 3 is 2.67 bits per heavy atom. The smallest absolute Gasteiger partial charge is 0.327 e. The largest absolute Gasteiger partial charge is 0.480 e. The maximum atomic E-state index is 11.0. The van der Waals surface area contributed by atoms with Crippen molar-refractivity contribution in [3.05, 3.63) is 28.2 Å². The van der Waals surface area contributed by atoms with Gasteiger partial charge in [-0.2, -0.15) is 0 Å². The number of rotatable bonds is 5. The fourth-order valence-electron chi connectivity index (χ4n) is 1.32. The van der Waals surface area contributed by atoms with Crippen LogP contribution in [0.3, 0.4) is 0 Å². The number of halogens is 1. The molecule has 0 heterocycles. The highest BCUT2D eigenvalue weighted by Gasteiger charge is 2.16. The number of carboxylic acids is 1. The summed E-state index contributed by atoms with van der Waals surface area (Å²) in [4.78, 5) is 21.9. The van der Waals surface area contributed by atoms with Crippen LogP contribution in [-0.2, 0) is 4.79 Å². The second-order valence-corrected chi connectivity index (χ2v) is 4.36. The van der Waals surface area contributed by atoms with Crippen molar-refractivity contribution in [2.45, 2.75) is 12.5 Å². The van der Waals surface area contributed by atoms with E-state index >= 15 is 0 Å². The van der Waals surface area contributed by atoms with Crippen LogP contribution in [0.15, 0.2) is 22.7 Å². The number of hydrogen-bond donors (Lipinski definition) is 3. The third kappa shape index (κ3) is 3.50. The molecule has 1 aromatic rings. The summed E-state index contributed by atoms with van der Waals surface area (Å²) in [6, 6.07) is 3.77. The Kier molecular flexibility index (Phi) is 4.75. The van der Waals surface area contributed by atoms with Crippen LogP contribution in [0.5, 0.6) is 0 Å². The van der Waals surface area contributed by atoms with Crippen molar-refractivity contribution in [2.24, 2.45) is 5.73 Å². The number of nitrogens with two attached hydrogens (primary N) is 1. The molecule has 0 bridgehead atoms. The molecule has 0 aliphatic heterocycles. The topological polar surface area (TPSA) is 92.4 Å². The van der Waals surface area contributed by atoms with Crippen molar-refractivity contribution in [1.82, 2.24) is 0 Å². The number of primary amides is 1. The van der Waals surface area contributed by atoms with Crippen LogP contribution in [0.2, 0.25) is 0 Å². The van der Waals surface area contributed by atoms with Gasteiger partial charge in [-0.05, 0) is 34.1 Å². The van der Waals surface area contributed by atoms with Crippen molar-refractivity contribution in [3.63, 3.8) is 0 Å². The molecule has 0 spiro atoms. The molecular formula is C12H11BrN2O3. The van der Waals surface area contributed by atoms with Gasteiger partial charge in [-0.3, -0.25) is 4.79 Å². The fraction of sp³-hybridized carbons (Fsp3) is 0.167. The summed E-state index contributed by atoms with van der Waals surface area (Å²) in [7, 11) is 0. The predicted molar refractivity (Wildman–Crippen MR) is 71.2 cm³/mol. The molecule has 6 heteroatoms. The Bertz CT molecular complexity index is 523. The lowest BCUT2D eigenvalue weighted by Gasteiger charge is -2.14. The summed E-state index contributed by atoms with van der Waals surface area (Å²) in [5.74, 6) is 0.682. The molecule has 5 nitrogen and oxygen atoms in total. The Balaban J connectivity index is 2.92. The summed E-state index contributed by atoms with van der Waals surface area (Å²) in [5.41, 5.74) is 6.01. The van der Waals surface area contributed by atoms with E-state index in [4.69, 9.17) is 17.3 Å². The molecule has 1 rings (SSSR count). The summed E-state index contributed by atoms with van der Waals surface area (Å²) in [5, 5.41) is 11.7. The number of anilines is 1. The molecule has 0 fully saturated rings. The van der Waals surface area contributed by atoms with Crippen LogP contribution < -0.4 is 11.1 Å². The van der Waals surface area contributed by atoms with Crippen LogP contribution in [0, 0.1) is 12.3 Å². The zero-order valence-corrected chi connectivity index (χ0v) is 10.9. The third-order valence-corrected chi connectivity index (χ3v) is 2.85. The molecular weight excluding hydrogens is 300 g/mol. The first-order chi connectivity index (χ1) is 8.45. The lowest BCUT2D eigenvalue weighted by Crippen LogP contribution is -2.28. The van der Waals surface area contributed by atoms with Crippen molar-refractivity contribution in [1.29, 1.82) is 0 Å². The van der Waals surface area contributed by atoms with E-state index in [0.717, 1.165) is 0 Å². The van der Waals surface area contributed by atoms with Crippen LogP contribution in [0.1, 0.15) is 16.8 Å². The number of amides is 1. The first-order valence-electron chi connectivity index (χ1n) is 4.98. The SMILES string of the molecule is C#CCC(Nc1ccc(C(N)=O)c(Br)c1)C(=O)O. The maximum Gasteiger partial charge on any atom is 0.327 e. The molecule has 0 aliphatic rings. The van der Waals surface area contributed by atoms with Crippen LogP contribution in [-0.4, -0.2) is 23.0 Å². The molecule has 1 aromatic carbocycles. The highest BCUT2D eigenvalue weighted by atomic mass is 79.9. The van der Waals surface area contributed by atoms with Crippen molar-refractivity contribution >= 4 is 33.5 Å². The number of benzene rings is 1. The number of carbonyl (C=O) groups is 2. The predicted octanol–water partition coefficient (Wildman–Crippen LogP) is 1.44. The molecule has 4 N–H and O–H groups in total. The maximum absolute atomic E-state index is 11.0. The van der Waals surface area contributed by atoms with Gasteiger partial charge in [0.15, 0.2) is 0 Å². The van der Waals surface area contributed by atoms with Gasteiger partial charge in [0.05, 0.1) is 5.56 Å². The highest BCUT2D eigenvalue weighted by molar-refractivity contribution is 9.10. The van der Waals surface area contributed by atoms with Gasteiger partial charge in [-0.15, -0.1) is 12.3 Å². The van der Waals surface area contributed by atoms with E-state index in [2.05, 4.69) is 27.2 Å². The molecule has 0 saturated carbocycles. The molecule has 0 saturated heterocycles. The number of nitrogens with one attached hydrogen (secondary N) is 1. The average molecular weight is 311 g/mol. The molecule has 1 amide bonds. The zero-order valence-electron chi connectivity index (χ0n) is 9.31. The quantitative estimate of drug-likeness (QED) is 0.717. The Labute approximate surface area is 112 Å². The molecule has 18 heavy (non-hydrogen) atoms. The van der Waals surface area contributed by atoms with E-state index in [-0.39, 0.29) is 6.42 Å². The van der Waals surface area contributed by atoms with E-state index in [1.54, 1.807) is 12.1 Å². The summed E-state index contributed by atoms with van der Waals surface area (Å²) in [6.45, 7) is 0. The summed E-state index contributed by atoms with van der Waals surface area (Å²) in [6.07, 6.45) is 5.15. The standard InChI is InChI=1S/C12H11BrN2O3/c1-2-3-10(12(17)18)15-7-4-5-8(11(14)16)9(13)6-7/h1,4-6,10,15H,3H2,(H2,14,16)(H,17,18). The fourth-order valence-corrected chi connectivity index (χ4v) is 1.90. The van der Waals surface area contributed by atoms with Crippen molar-refractivity contribution in [2.75, 3.05) is 5.32 Å². The lowest BCUT2D eigenvalue weighted by molar-refractivity contribution is -0.137.